The van der Waals surface area contributed by atoms with Crippen molar-refractivity contribution in [2.24, 2.45) is 7.05 Å². The molecule has 0 aliphatic heterocycles. The van der Waals surface area contributed by atoms with Crippen LogP contribution >= 0.6 is 11.8 Å². The summed E-state index contributed by atoms with van der Waals surface area (Å²) < 4.78 is 101. The Kier molecular flexibility index (Phi) is 20.6. The third kappa shape index (κ3) is 17.9. The Morgan fingerprint density at radius 1 is 0.847 bits per heavy atom. The number of carbonyl (C=O) groups is 6. The van der Waals surface area contributed by atoms with Crippen molar-refractivity contribution >= 4 is 94.4 Å². The quantitative estimate of drug-likeness (QED) is 0.0220. The third-order valence-electron chi connectivity index (χ3n) is 10.1. The van der Waals surface area contributed by atoms with Crippen molar-refractivity contribution in [3.63, 3.8) is 0 Å². The van der Waals surface area contributed by atoms with E-state index in [1.54, 1.807) is 42.2 Å². The zero-order chi connectivity index (χ0) is 53.6. The Morgan fingerprint density at radius 2 is 1.49 bits per heavy atom. The van der Waals surface area contributed by atoms with Gasteiger partial charge in [0.05, 0.1) is 22.8 Å². The Bertz CT molecular complexity index is 3040. The number of ether oxygens (including phenoxy) is 1. The van der Waals surface area contributed by atoms with Crippen molar-refractivity contribution in [2.45, 2.75) is 56.3 Å². The summed E-state index contributed by atoms with van der Waals surface area (Å²) in [5.41, 5.74) is 0.747. The smallest absolute Gasteiger partial charge is 0.323 e. The number of nitrogens with zero attached hydrogens (tertiary/aromatic N) is 2. The van der Waals surface area contributed by atoms with E-state index in [0.717, 1.165) is 17.3 Å². The number of carboxylic acid groups (broad SMARTS) is 1. The molecular formula is C41H54N10O17S4. The molecule has 0 unspecified atom stereocenters. The molecule has 5 amide bonds. The van der Waals surface area contributed by atoms with Crippen LogP contribution in [-0.2, 0) is 67.8 Å². The Balaban J connectivity index is 1.26. The van der Waals surface area contributed by atoms with Gasteiger partial charge in [0.2, 0.25) is 39.1 Å². The first-order valence-electron chi connectivity index (χ1n) is 21.3. The largest absolute Gasteiger partial charge is 0.494 e. The highest BCUT2D eigenvalue weighted by Crippen LogP contribution is 2.26. The summed E-state index contributed by atoms with van der Waals surface area (Å²) >= 11 is 1.02. The molecular weight excluding hydrogens is 1030 g/mol. The average molecular weight is 1090 g/mol. The molecule has 0 fully saturated rings. The number of fused-ring (bicyclic) bond motifs is 1. The first kappa shape index (κ1) is 57.9. The molecule has 3 atom stereocenters. The molecule has 0 aliphatic rings. The van der Waals surface area contributed by atoms with Gasteiger partial charge in [-0.1, -0.05) is 6.07 Å². The van der Waals surface area contributed by atoms with Gasteiger partial charge in [-0.25, -0.2) is 13.4 Å². The van der Waals surface area contributed by atoms with E-state index < -0.39 is 107 Å². The van der Waals surface area contributed by atoms with Crippen molar-refractivity contribution in [1.82, 2.24) is 45.8 Å². The number of rotatable bonds is 28. The van der Waals surface area contributed by atoms with Crippen LogP contribution in [0.3, 0.4) is 0 Å². The highest BCUT2D eigenvalue weighted by molar-refractivity contribution is 7.99. The molecule has 2 heterocycles. The molecule has 0 bridgehead atoms. The minimum Gasteiger partial charge on any atom is -0.494 e. The highest BCUT2D eigenvalue weighted by atomic mass is 32.2. The third-order valence-corrected chi connectivity index (χ3v) is 13.9. The van der Waals surface area contributed by atoms with Gasteiger partial charge in [0.15, 0.2) is 5.95 Å². The predicted octanol–water partition coefficient (Wildman–Crippen LogP) is -1.85. The molecule has 0 spiro atoms. The van der Waals surface area contributed by atoms with Crippen LogP contribution in [0.25, 0.3) is 10.9 Å². The van der Waals surface area contributed by atoms with Crippen LogP contribution in [0.5, 0.6) is 5.75 Å². The van der Waals surface area contributed by atoms with E-state index >= 15 is 0 Å². The summed E-state index contributed by atoms with van der Waals surface area (Å²) in [6, 6.07) is 1.99. The van der Waals surface area contributed by atoms with Gasteiger partial charge < -0.3 is 51.3 Å². The lowest BCUT2D eigenvalue weighted by molar-refractivity contribution is -0.138. The van der Waals surface area contributed by atoms with Crippen LogP contribution in [0, 0.1) is 13.8 Å². The number of carboxylic acids is 1. The molecule has 2 aromatic carbocycles. The number of aromatic nitrogens is 3. The molecule has 0 radical (unpaired) electrons. The summed E-state index contributed by atoms with van der Waals surface area (Å²) in [6.07, 6.45) is 6.11. The van der Waals surface area contributed by atoms with Crippen molar-refractivity contribution in [3.8, 4) is 5.75 Å². The van der Waals surface area contributed by atoms with Gasteiger partial charge >= 0.3 is 5.97 Å². The number of aromatic amines is 1. The molecule has 27 nitrogen and oxygen atoms in total. The molecule has 2 aromatic heterocycles. The number of aliphatic carboxylic acids is 1. The maximum Gasteiger partial charge on any atom is 0.323 e. The zero-order valence-corrected chi connectivity index (χ0v) is 42.3. The molecule has 31 heteroatoms. The summed E-state index contributed by atoms with van der Waals surface area (Å²) in [7, 11) is -12.7. The van der Waals surface area contributed by atoms with Crippen molar-refractivity contribution < 1.29 is 73.0 Å². The maximum atomic E-state index is 13.6. The van der Waals surface area contributed by atoms with E-state index in [-0.39, 0.29) is 71.0 Å². The second kappa shape index (κ2) is 25.7. The van der Waals surface area contributed by atoms with Gasteiger partial charge in [0, 0.05) is 63.6 Å². The monoisotopic (exact) mass is 1090 g/mol. The number of nitrogens with one attached hydrogen (secondary N) is 8. The number of imidazole rings is 1. The number of hydrogen-bond donors (Lipinski definition) is 11. The number of amides is 5. The van der Waals surface area contributed by atoms with Gasteiger partial charge in [0.25, 0.3) is 26.1 Å². The predicted molar refractivity (Wildman–Crippen MR) is 261 cm³/mol. The van der Waals surface area contributed by atoms with Crippen LogP contribution in [0.15, 0.2) is 58.6 Å². The molecule has 72 heavy (non-hydrogen) atoms. The summed E-state index contributed by atoms with van der Waals surface area (Å²) in [4.78, 5) is 95.6. The summed E-state index contributed by atoms with van der Waals surface area (Å²) in [5, 5.41) is 24.3. The molecule has 0 saturated carbocycles. The molecule has 0 saturated heterocycles. The van der Waals surface area contributed by atoms with Crippen molar-refractivity contribution in [1.29, 1.82) is 0 Å². The number of thioether (sulfide) groups is 1. The second-order valence-corrected chi connectivity index (χ2v) is 21.4. The second-order valence-electron chi connectivity index (χ2n) is 15.9. The van der Waals surface area contributed by atoms with Gasteiger partial charge in [-0.3, -0.25) is 42.7 Å². The van der Waals surface area contributed by atoms with E-state index in [0.29, 0.717) is 18.0 Å². The molecule has 4 aromatic rings. The first-order valence-corrected chi connectivity index (χ1v) is 27.4. The maximum absolute atomic E-state index is 13.6. The lowest BCUT2D eigenvalue weighted by atomic mass is 10.1. The number of hydrogen-bond acceptors (Lipinski definition) is 17. The fourth-order valence-electron chi connectivity index (χ4n) is 6.93. The summed E-state index contributed by atoms with van der Waals surface area (Å²) in [6.45, 7) is 1.99. The average Bonchev–Trinajstić information content (AvgIpc) is 3.80. The standard InChI is InChI=1S/C41H54N10O17S4/c1-23-14-26(68-13-5-6-33(52)42-9-10-43-38(56)30(21-70(60,61)62)49-39(57)31(22-71(63,64)65)48-34(53)20-69-4)15-24(2)36(23)72(66,67)50-29(40(58)59)18-46-37(55)28-19-51(3)32-16-25(7-8-27(32)35(28)54)17-47-41-44-11-12-45-41/h7-8,11-12,14-16,19,29-31,50H,5-6,9-10,13,17-18,20-22H2,1-4H3,(H,42,52)(H,43,56)(H,46,55)(H,48,53)(H,49,57)(H,58,59)(H2,44,45,47)(H,60,61,62)(H,63,64,65)/t29-,30-,31-/m0/s1. The van der Waals surface area contributed by atoms with Crippen LogP contribution in [0.2, 0.25) is 0 Å². The van der Waals surface area contributed by atoms with E-state index in [1.807, 2.05) is 10.6 Å². The van der Waals surface area contributed by atoms with Crippen LogP contribution in [0.1, 0.15) is 39.9 Å². The number of H-pyrrole nitrogens is 1. The van der Waals surface area contributed by atoms with E-state index in [1.165, 1.54) is 38.4 Å². The number of pyridine rings is 1. The van der Waals surface area contributed by atoms with E-state index in [9.17, 15) is 73.0 Å². The van der Waals surface area contributed by atoms with Crippen LogP contribution in [0.4, 0.5) is 5.95 Å². The fraction of sp³-hybridized carbons (Fsp3) is 0.415. The molecule has 0 aliphatic carbocycles. The van der Waals surface area contributed by atoms with Gasteiger partial charge in [0.1, 0.15) is 40.9 Å². The molecule has 394 valence electrons. The lowest BCUT2D eigenvalue weighted by Crippen LogP contribution is -2.57. The first-order chi connectivity index (χ1) is 33.7. The van der Waals surface area contributed by atoms with Crippen molar-refractivity contribution in [2.75, 3.05) is 55.1 Å². The number of aryl methyl sites for hydroxylation is 3. The minimum atomic E-state index is -4.92. The number of anilines is 1. The number of benzene rings is 2. The fourth-order valence-corrected chi connectivity index (χ4v) is 10.2. The minimum absolute atomic E-state index is 0.0349. The normalized spacial score (nSPS) is 13.0. The van der Waals surface area contributed by atoms with Crippen molar-refractivity contribution in [3.05, 3.63) is 81.4 Å². The topological polar surface area (TPSA) is 410 Å². The Hall–Kier alpha value is -6.64. The molecule has 4 rings (SSSR count). The van der Waals surface area contributed by atoms with Crippen LogP contribution in [-0.4, -0.2) is 157 Å². The van der Waals surface area contributed by atoms with Gasteiger partial charge in [-0.15, -0.1) is 0 Å². The Labute approximate surface area is 417 Å². The van der Waals surface area contributed by atoms with E-state index in [2.05, 4.69) is 36.0 Å². The highest BCUT2D eigenvalue weighted by Gasteiger charge is 2.33. The number of carbonyl (C=O) groups excluding carboxylic acids is 5. The lowest BCUT2D eigenvalue weighted by Gasteiger charge is -2.22. The summed E-state index contributed by atoms with van der Waals surface area (Å²) in [5.74, 6) is -8.54. The van der Waals surface area contributed by atoms with E-state index in [4.69, 9.17) is 4.74 Å². The number of sulfonamides is 1. The Morgan fingerprint density at radius 3 is 2.08 bits per heavy atom. The zero-order valence-electron chi connectivity index (χ0n) is 39.0. The molecule has 11 N–H and O–H groups in total. The van der Waals surface area contributed by atoms with Gasteiger partial charge in [-0.05, 0) is 67.5 Å². The van der Waals surface area contributed by atoms with Crippen LogP contribution < -0.4 is 46.8 Å². The SMILES string of the molecule is CSCC(=O)N[C@@H](CS(=O)(=O)O)C(=O)N[C@@H](CS(=O)(=O)O)C(=O)NCCNC(=O)CCCOc1cc(C)c(S(=O)(=O)N[C@@H](CNC(=O)c2cn(C)c3cc(CNc4ncc[nH]4)ccc3c2=O)C(=O)O)c(C)c1. The van der Waals surface area contributed by atoms with Gasteiger partial charge in [-0.2, -0.15) is 33.3 Å².